The van der Waals surface area contributed by atoms with Gasteiger partial charge in [-0.25, -0.2) is 4.79 Å². The largest absolute Gasteiger partial charge is 0.497 e. The zero-order valence-corrected chi connectivity index (χ0v) is 15.7. The number of nitrogens with zero attached hydrogens (tertiary/aromatic N) is 1. The van der Waals surface area contributed by atoms with Crippen molar-refractivity contribution in [2.24, 2.45) is 5.92 Å². The Morgan fingerprint density at radius 1 is 1.21 bits per heavy atom. The van der Waals surface area contributed by atoms with Crippen molar-refractivity contribution in [3.63, 3.8) is 0 Å². The highest BCUT2D eigenvalue weighted by Crippen LogP contribution is 2.30. The van der Waals surface area contributed by atoms with Gasteiger partial charge < -0.3 is 20.1 Å². The molecule has 7 nitrogen and oxygen atoms in total. The fourth-order valence-corrected chi connectivity index (χ4v) is 3.36. The van der Waals surface area contributed by atoms with E-state index in [4.69, 9.17) is 4.74 Å². The highest BCUT2D eigenvalue weighted by molar-refractivity contribution is 6.03. The van der Waals surface area contributed by atoms with Crippen LogP contribution < -0.4 is 10.1 Å². The normalized spacial score (nSPS) is 17.3. The fraction of sp³-hybridized carbons (Fsp3) is 0.286. The van der Waals surface area contributed by atoms with Crippen molar-refractivity contribution in [3.05, 3.63) is 59.7 Å². The highest BCUT2D eigenvalue weighted by Gasteiger charge is 2.37. The second kappa shape index (κ2) is 8.12. The van der Waals surface area contributed by atoms with Crippen LogP contribution in [0.4, 0.5) is 5.69 Å². The van der Waals surface area contributed by atoms with E-state index in [-0.39, 0.29) is 35.5 Å². The summed E-state index contributed by atoms with van der Waals surface area (Å²) in [5, 5.41) is 12.0. The van der Waals surface area contributed by atoms with E-state index in [1.807, 2.05) is 37.3 Å². The van der Waals surface area contributed by atoms with Crippen LogP contribution in [0.1, 0.15) is 35.3 Å². The zero-order chi connectivity index (χ0) is 20.3. The van der Waals surface area contributed by atoms with E-state index in [1.54, 1.807) is 11.0 Å². The van der Waals surface area contributed by atoms with Crippen molar-refractivity contribution in [1.29, 1.82) is 0 Å². The number of carbonyl (C=O) groups is 3. The van der Waals surface area contributed by atoms with Crippen LogP contribution in [-0.2, 0) is 9.59 Å². The van der Waals surface area contributed by atoms with Crippen molar-refractivity contribution in [2.75, 3.05) is 19.0 Å². The molecule has 0 spiro atoms. The first kappa shape index (κ1) is 19.4. The molecule has 2 aromatic rings. The number of carboxylic acid groups (broad SMARTS) is 1. The summed E-state index contributed by atoms with van der Waals surface area (Å²) in [4.78, 5) is 38.3. The molecule has 1 aliphatic rings. The zero-order valence-electron chi connectivity index (χ0n) is 15.7. The predicted molar refractivity (Wildman–Crippen MR) is 103 cm³/mol. The topological polar surface area (TPSA) is 95.9 Å². The number of likely N-dealkylation sites (tertiary alicyclic amines) is 1. The van der Waals surface area contributed by atoms with Gasteiger partial charge in [-0.2, -0.15) is 0 Å². The lowest BCUT2D eigenvalue weighted by Crippen LogP contribution is -2.30. The van der Waals surface area contributed by atoms with Gasteiger partial charge in [0.15, 0.2) is 0 Å². The van der Waals surface area contributed by atoms with Crippen LogP contribution in [0, 0.1) is 5.92 Å². The number of anilines is 1. The summed E-state index contributed by atoms with van der Waals surface area (Å²) in [6.45, 7) is 2.22. The minimum absolute atomic E-state index is 0.0634. The van der Waals surface area contributed by atoms with Crippen molar-refractivity contribution >= 4 is 23.5 Å². The van der Waals surface area contributed by atoms with E-state index < -0.39 is 11.9 Å². The van der Waals surface area contributed by atoms with E-state index in [9.17, 15) is 19.5 Å². The van der Waals surface area contributed by atoms with Crippen LogP contribution in [0.5, 0.6) is 5.75 Å². The molecule has 0 aliphatic carbocycles. The summed E-state index contributed by atoms with van der Waals surface area (Å²) in [6.07, 6.45) is 0.0988. The number of aromatic carboxylic acids is 1. The lowest BCUT2D eigenvalue weighted by molar-refractivity contribution is -0.129. The van der Waals surface area contributed by atoms with E-state index in [1.165, 1.54) is 19.2 Å². The fourth-order valence-electron chi connectivity index (χ4n) is 3.36. The minimum atomic E-state index is -1.17. The molecule has 1 fully saturated rings. The average molecular weight is 382 g/mol. The van der Waals surface area contributed by atoms with E-state index in [2.05, 4.69) is 5.32 Å². The predicted octanol–water partition coefficient (Wildman–Crippen LogP) is 2.94. The summed E-state index contributed by atoms with van der Waals surface area (Å²) in [6, 6.07) is 13.9. The number of benzene rings is 2. The maximum atomic E-state index is 12.7. The van der Waals surface area contributed by atoms with Gasteiger partial charge in [0.05, 0.1) is 30.3 Å². The Bertz CT molecular complexity index is 897. The third-order valence-electron chi connectivity index (χ3n) is 4.99. The number of hydrogen-bond acceptors (Lipinski definition) is 4. The summed E-state index contributed by atoms with van der Waals surface area (Å²) in [5.41, 5.74) is 1.12. The number of nitrogens with one attached hydrogen (secondary N) is 1. The molecule has 0 saturated carbocycles. The summed E-state index contributed by atoms with van der Waals surface area (Å²) < 4.78 is 5.03. The van der Waals surface area contributed by atoms with Crippen molar-refractivity contribution < 1.29 is 24.2 Å². The first-order valence-electron chi connectivity index (χ1n) is 8.97. The Labute approximate surface area is 162 Å². The van der Waals surface area contributed by atoms with Crippen molar-refractivity contribution in [2.45, 2.75) is 19.4 Å². The molecule has 2 aromatic carbocycles. The number of methoxy groups -OCH3 is 1. The van der Waals surface area contributed by atoms with Gasteiger partial charge in [-0.05, 0) is 30.7 Å². The van der Waals surface area contributed by atoms with Gasteiger partial charge in [0.1, 0.15) is 5.75 Å². The van der Waals surface area contributed by atoms with Gasteiger partial charge in [0, 0.05) is 13.0 Å². The molecule has 146 valence electrons. The van der Waals surface area contributed by atoms with Gasteiger partial charge >= 0.3 is 5.97 Å². The standard InChI is InChI=1S/C21H22N2O5/c1-13(14-6-4-3-5-7-14)23-12-15(10-19(23)24)20(25)22-18-9-8-16(28-2)11-17(18)21(26)27/h3-9,11,13,15H,10,12H2,1-2H3,(H,22,25)(H,26,27). The van der Waals surface area contributed by atoms with Crippen LogP contribution >= 0.6 is 0 Å². The number of carboxylic acids is 1. The molecule has 2 atom stereocenters. The second-order valence-corrected chi connectivity index (χ2v) is 6.74. The molecule has 0 aromatic heterocycles. The van der Waals surface area contributed by atoms with Gasteiger partial charge in [0.25, 0.3) is 0 Å². The first-order chi connectivity index (χ1) is 13.4. The van der Waals surface area contributed by atoms with Crippen LogP contribution in [0.2, 0.25) is 0 Å². The average Bonchev–Trinajstić information content (AvgIpc) is 3.10. The molecule has 3 rings (SSSR count). The molecule has 1 heterocycles. The number of hydrogen-bond donors (Lipinski definition) is 2. The summed E-state index contributed by atoms with van der Waals surface area (Å²) in [5.74, 6) is -1.79. The Morgan fingerprint density at radius 2 is 1.93 bits per heavy atom. The molecule has 1 saturated heterocycles. The number of rotatable bonds is 6. The quantitative estimate of drug-likeness (QED) is 0.801. The van der Waals surface area contributed by atoms with Crippen LogP contribution in [0.3, 0.4) is 0 Å². The molecule has 2 amide bonds. The molecule has 0 bridgehead atoms. The van der Waals surface area contributed by atoms with Crippen LogP contribution in [-0.4, -0.2) is 41.4 Å². The van der Waals surface area contributed by atoms with Gasteiger partial charge in [0.2, 0.25) is 11.8 Å². The van der Waals surface area contributed by atoms with E-state index >= 15 is 0 Å². The highest BCUT2D eigenvalue weighted by atomic mass is 16.5. The molecule has 0 radical (unpaired) electrons. The molecule has 7 heteroatoms. The molecule has 1 aliphatic heterocycles. The lowest BCUT2D eigenvalue weighted by atomic mass is 10.1. The SMILES string of the molecule is COc1ccc(NC(=O)C2CC(=O)N(C(C)c3ccccc3)C2)c(C(=O)O)c1. The summed E-state index contributed by atoms with van der Waals surface area (Å²) >= 11 is 0. The Balaban J connectivity index is 1.73. The molecular formula is C21H22N2O5. The van der Waals surface area contributed by atoms with E-state index in [0.717, 1.165) is 5.56 Å². The maximum Gasteiger partial charge on any atom is 0.337 e. The number of ether oxygens (including phenoxy) is 1. The lowest BCUT2D eigenvalue weighted by Gasteiger charge is -2.25. The maximum absolute atomic E-state index is 12.7. The monoisotopic (exact) mass is 382 g/mol. The van der Waals surface area contributed by atoms with Gasteiger partial charge in [-0.15, -0.1) is 0 Å². The Kier molecular flexibility index (Phi) is 5.63. The number of carbonyl (C=O) groups excluding carboxylic acids is 2. The second-order valence-electron chi connectivity index (χ2n) is 6.74. The molecular weight excluding hydrogens is 360 g/mol. The molecule has 28 heavy (non-hydrogen) atoms. The minimum Gasteiger partial charge on any atom is -0.497 e. The Morgan fingerprint density at radius 3 is 2.57 bits per heavy atom. The smallest absolute Gasteiger partial charge is 0.337 e. The first-order valence-corrected chi connectivity index (χ1v) is 8.97. The van der Waals surface area contributed by atoms with E-state index in [0.29, 0.717) is 12.3 Å². The Hall–Kier alpha value is -3.35. The van der Waals surface area contributed by atoms with Gasteiger partial charge in [-0.1, -0.05) is 30.3 Å². The van der Waals surface area contributed by atoms with Gasteiger partial charge in [-0.3, -0.25) is 9.59 Å². The molecule has 2 unspecified atom stereocenters. The van der Waals surface area contributed by atoms with Crippen molar-refractivity contribution in [1.82, 2.24) is 4.90 Å². The summed E-state index contributed by atoms with van der Waals surface area (Å²) in [7, 11) is 1.44. The number of amides is 2. The third kappa shape index (κ3) is 3.98. The molecule has 2 N–H and O–H groups in total. The van der Waals surface area contributed by atoms with Crippen LogP contribution in [0.15, 0.2) is 48.5 Å². The van der Waals surface area contributed by atoms with Crippen LogP contribution in [0.25, 0.3) is 0 Å². The van der Waals surface area contributed by atoms with Crippen molar-refractivity contribution in [3.8, 4) is 5.75 Å². The third-order valence-corrected chi connectivity index (χ3v) is 4.99.